The Kier molecular flexibility index (Phi) is 4.27. The minimum absolute atomic E-state index is 0.0822. The molecular formula is C17H22N8O. The number of anilines is 1. The van der Waals surface area contributed by atoms with Crippen molar-refractivity contribution >= 4 is 23.7 Å². The third-order valence-electron chi connectivity index (χ3n) is 5.34. The molecule has 4 heterocycles. The van der Waals surface area contributed by atoms with Gasteiger partial charge in [0.2, 0.25) is 5.82 Å². The van der Waals surface area contributed by atoms with Crippen LogP contribution in [-0.2, 0) is 0 Å². The van der Waals surface area contributed by atoms with Gasteiger partial charge in [0.25, 0.3) is 5.91 Å². The third kappa shape index (κ3) is 2.79. The van der Waals surface area contributed by atoms with E-state index in [9.17, 15) is 4.79 Å². The van der Waals surface area contributed by atoms with E-state index >= 15 is 0 Å². The molecule has 4 N–H and O–H groups in total. The van der Waals surface area contributed by atoms with Crippen LogP contribution in [0, 0.1) is 11.3 Å². The summed E-state index contributed by atoms with van der Waals surface area (Å²) >= 11 is 0. The first kappa shape index (κ1) is 16.5. The van der Waals surface area contributed by atoms with Crippen molar-refractivity contribution in [2.75, 3.05) is 5.43 Å². The molecule has 2 aromatic rings. The van der Waals surface area contributed by atoms with Crippen molar-refractivity contribution < 1.29 is 4.79 Å². The van der Waals surface area contributed by atoms with Crippen LogP contribution in [0.4, 0.5) is 5.82 Å². The van der Waals surface area contributed by atoms with Crippen LogP contribution in [0.5, 0.6) is 0 Å². The zero-order valence-electron chi connectivity index (χ0n) is 14.6. The van der Waals surface area contributed by atoms with E-state index in [4.69, 9.17) is 5.41 Å². The molecule has 2 aliphatic heterocycles. The number of aromatic amines is 2. The van der Waals surface area contributed by atoms with Gasteiger partial charge < -0.3 is 15.3 Å². The molecule has 9 nitrogen and oxygen atoms in total. The number of nitrogens with one attached hydrogen (secondary N) is 4. The Morgan fingerprint density at radius 3 is 2.85 bits per heavy atom. The monoisotopic (exact) mass is 354 g/mol. The smallest absolute Gasteiger partial charge is 0.291 e. The van der Waals surface area contributed by atoms with E-state index in [-0.39, 0.29) is 23.9 Å². The number of rotatable bonds is 5. The van der Waals surface area contributed by atoms with Crippen LogP contribution in [0.25, 0.3) is 0 Å². The van der Waals surface area contributed by atoms with Crippen molar-refractivity contribution in [1.82, 2.24) is 25.1 Å². The zero-order valence-corrected chi connectivity index (χ0v) is 14.6. The van der Waals surface area contributed by atoms with Crippen LogP contribution in [0.3, 0.4) is 0 Å². The van der Waals surface area contributed by atoms with Crippen LogP contribution in [0.2, 0.25) is 0 Å². The van der Waals surface area contributed by atoms with Gasteiger partial charge in [0.15, 0.2) is 0 Å². The summed E-state index contributed by atoms with van der Waals surface area (Å²) in [6.07, 6.45) is 8.40. The lowest BCUT2D eigenvalue weighted by molar-refractivity contribution is 0.0553. The fraction of sp³-hybridized carbons (Fsp3) is 0.471. The molecule has 2 aromatic heterocycles. The van der Waals surface area contributed by atoms with Gasteiger partial charge in [-0.3, -0.25) is 15.3 Å². The number of amides is 1. The van der Waals surface area contributed by atoms with Gasteiger partial charge >= 0.3 is 0 Å². The van der Waals surface area contributed by atoms with E-state index in [1.165, 1.54) is 6.33 Å². The highest BCUT2D eigenvalue weighted by molar-refractivity contribution is 6.04. The van der Waals surface area contributed by atoms with Crippen LogP contribution < -0.4 is 5.43 Å². The van der Waals surface area contributed by atoms with E-state index in [1.807, 2.05) is 24.1 Å². The number of hydrogen-bond donors (Lipinski definition) is 4. The van der Waals surface area contributed by atoms with Gasteiger partial charge in [0.1, 0.15) is 12.1 Å². The highest BCUT2D eigenvalue weighted by atomic mass is 16.2. The quantitative estimate of drug-likeness (QED) is 0.484. The van der Waals surface area contributed by atoms with Crippen molar-refractivity contribution in [3.05, 3.63) is 30.0 Å². The van der Waals surface area contributed by atoms with Gasteiger partial charge in [-0.15, -0.1) is 0 Å². The molecule has 9 heteroatoms. The number of piperidine rings is 1. The van der Waals surface area contributed by atoms with E-state index in [0.717, 1.165) is 37.1 Å². The number of carbonyl (C=O) groups excluding carboxylic acids is 1. The Morgan fingerprint density at radius 2 is 2.19 bits per heavy atom. The summed E-state index contributed by atoms with van der Waals surface area (Å²) in [5.74, 6) is 1.08. The second-order valence-electron chi connectivity index (χ2n) is 6.78. The fourth-order valence-corrected chi connectivity index (χ4v) is 4.21. The summed E-state index contributed by atoms with van der Waals surface area (Å²) in [5, 5.41) is 19.2. The standard InChI is InChI=1S/C17H22N8O/c1-2-21-23-15-13(5-6-19-15)14(18)10-7-11-3-4-12(8-10)25(11)17(26)16-20-9-22-24-16/h2,5-6,9-12,18-19,23H,3-4,7-8H2,1H3,(H,20,22,24)/b18-14?,21-2-/t10?,11-,12+. The Balaban J connectivity index is 1.50. The first-order chi connectivity index (χ1) is 12.7. The summed E-state index contributed by atoms with van der Waals surface area (Å²) in [6, 6.07) is 2.21. The Hall–Kier alpha value is -2.97. The normalized spacial score (nSPS) is 25.0. The maximum absolute atomic E-state index is 12.7. The molecular weight excluding hydrogens is 332 g/mol. The maximum Gasteiger partial charge on any atom is 0.291 e. The molecule has 0 saturated carbocycles. The molecule has 1 unspecified atom stereocenters. The second-order valence-corrected chi connectivity index (χ2v) is 6.78. The van der Waals surface area contributed by atoms with Gasteiger partial charge in [0.05, 0.1) is 0 Å². The maximum atomic E-state index is 12.7. The Bertz CT molecular complexity index is 810. The summed E-state index contributed by atoms with van der Waals surface area (Å²) in [7, 11) is 0. The minimum Gasteiger partial charge on any atom is -0.347 e. The average molecular weight is 354 g/mol. The van der Waals surface area contributed by atoms with Gasteiger partial charge in [-0.25, -0.2) is 4.98 Å². The summed E-state index contributed by atoms with van der Waals surface area (Å²) in [6.45, 7) is 1.83. The Labute approximate surface area is 150 Å². The molecule has 3 atom stereocenters. The Morgan fingerprint density at radius 1 is 1.42 bits per heavy atom. The van der Waals surface area contributed by atoms with Gasteiger partial charge in [-0.2, -0.15) is 10.2 Å². The van der Waals surface area contributed by atoms with E-state index in [1.54, 1.807) is 6.21 Å². The third-order valence-corrected chi connectivity index (χ3v) is 5.34. The van der Waals surface area contributed by atoms with Crippen molar-refractivity contribution in [2.24, 2.45) is 11.0 Å². The molecule has 0 radical (unpaired) electrons. The summed E-state index contributed by atoms with van der Waals surface area (Å²) in [5.41, 5.74) is 4.38. The lowest BCUT2D eigenvalue weighted by atomic mass is 9.84. The minimum atomic E-state index is -0.0822. The average Bonchev–Trinajstić information content (AvgIpc) is 3.38. The summed E-state index contributed by atoms with van der Waals surface area (Å²) in [4.78, 5) is 21.7. The molecule has 136 valence electrons. The van der Waals surface area contributed by atoms with Crippen molar-refractivity contribution in [1.29, 1.82) is 5.41 Å². The van der Waals surface area contributed by atoms with Crippen LogP contribution >= 0.6 is 0 Å². The number of fused-ring (bicyclic) bond motifs is 2. The lowest BCUT2D eigenvalue weighted by Gasteiger charge is -2.38. The molecule has 0 aromatic carbocycles. The van der Waals surface area contributed by atoms with E-state index in [2.05, 4.69) is 30.7 Å². The number of hydrogen-bond acceptors (Lipinski definition) is 6. The highest BCUT2D eigenvalue weighted by Crippen LogP contribution is 2.40. The second kappa shape index (κ2) is 6.74. The number of H-pyrrole nitrogens is 2. The van der Waals surface area contributed by atoms with E-state index < -0.39 is 0 Å². The fourth-order valence-electron chi connectivity index (χ4n) is 4.21. The van der Waals surface area contributed by atoms with Crippen molar-refractivity contribution in [3.63, 3.8) is 0 Å². The topological polar surface area (TPSA) is 126 Å². The van der Waals surface area contributed by atoms with E-state index in [0.29, 0.717) is 11.5 Å². The molecule has 2 saturated heterocycles. The SMILES string of the molecule is C/C=N\Nc1[nH]ccc1C(=N)C1C[C@H]2CC[C@@H](C1)N2C(=O)c1ncn[nH]1. The molecule has 2 fully saturated rings. The highest BCUT2D eigenvalue weighted by Gasteiger charge is 2.45. The van der Waals surface area contributed by atoms with Crippen LogP contribution in [-0.4, -0.2) is 55.0 Å². The molecule has 2 aliphatic rings. The number of carbonyl (C=O) groups is 1. The molecule has 4 rings (SSSR count). The number of hydrazone groups is 1. The molecule has 1 amide bonds. The van der Waals surface area contributed by atoms with Crippen molar-refractivity contribution in [3.8, 4) is 0 Å². The van der Waals surface area contributed by atoms with Gasteiger partial charge in [-0.1, -0.05) is 0 Å². The van der Waals surface area contributed by atoms with Crippen LogP contribution in [0.15, 0.2) is 23.7 Å². The van der Waals surface area contributed by atoms with Crippen LogP contribution in [0.1, 0.15) is 48.8 Å². The summed E-state index contributed by atoms with van der Waals surface area (Å²) < 4.78 is 0. The lowest BCUT2D eigenvalue weighted by Crippen LogP contribution is -2.48. The van der Waals surface area contributed by atoms with Gasteiger partial charge in [-0.05, 0) is 38.7 Å². The molecule has 2 bridgehead atoms. The first-order valence-corrected chi connectivity index (χ1v) is 8.87. The van der Waals surface area contributed by atoms with Gasteiger partial charge in [0, 0.05) is 41.7 Å². The molecule has 0 spiro atoms. The molecule has 0 aliphatic carbocycles. The largest absolute Gasteiger partial charge is 0.347 e. The molecule has 26 heavy (non-hydrogen) atoms. The number of nitrogens with zero attached hydrogens (tertiary/aromatic N) is 4. The van der Waals surface area contributed by atoms with Crippen molar-refractivity contribution in [2.45, 2.75) is 44.7 Å². The zero-order chi connectivity index (χ0) is 18.1. The predicted octanol–water partition coefficient (Wildman–Crippen LogP) is 2.00. The first-order valence-electron chi connectivity index (χ1n) is 8.87. The predicted molar refractivity (Wildman–Crippen MR) is 97.5 cm³/mol. The number of aromatic nitrogens is 4.